The average molecular weight is 600 g/mol. The van der Waals surface area contributed by atoms with Gasteiger partial charge in [-0.1, -0.05) is 6.42 Å². The third-order valence-electron chi connectivity index (χ3n) is 9.52. The van der Waals surface area contributed by atoms with Crippen LogP contribution >= 0.6 is 0 Å². The molecule has 0 bridgehead atoms. The van der Waals surface area contributed by atoms with Gasteiger partial charge in [0.15, 0.2) is 0 Å². The van der Waals surface area contributed by atoms with Crippen molar-refractivity contribution in [1.82, 2.24) is 14.8 Å². The van der Waals surface area contributed by atoms with Gasteiger partial charge in [-0.25, -0.2) is 8.78 Å². The third kappa shape index (κ3) is 7.45. The van der Waals surface area contributed by atoms with Gasteiger partial charge in [0.1, 0.15) is 0 Å². The van der Waals surface area contributed by atoms with Crippen LogP contribution in [0, 0.1) is 19.8 Å². The molecule has 2 aliphatic heterocycles. The Morgan fingerprint density at radius 3 is 2.63 bits per heavy atom. The van der Waals surface area contributed by atoms with Gasteiger partial charge in [-0.15, -0.1) is 0 Å². The van der Waals surface area contributed by atoms with Crippen LogP contribution in [0.3, 0.4) is 0 Å². The summed E-state index contributed by atoms with van der Waals surface area (Å²) in [6, 6.07) is 3.47. The number of ether oxygens (including phenoxy) is 1. The van der Waals surface area contributed by atoms with Crippen LogP contribution in [0.4, 0.5) is 14.5 Å². The molecule has 10 heteroatoms. The SMILES string of the molecule is C/C=N\N(c1c(C)c(=O)[nH]c2cc(C)c(C(=O)N3CCCN(CC4CCOCC4)CC3)cc12)C1CCCCC(F)(F)CC1. The van der Waals surface area contributed by atoms with Crippen LogP contribution in [-0.4, -0.2) is 84.8 Å². The second kappa shape index (κ2) is 13.8. The number of nitrogens with zero attached hydrogens (tertiary/aromatic N) is 4. The highest BCUT2D eigenvalue weighted by Crippen LogP contribution is 2.37. The van der Waals surface area contributed by atoms with Crippen molar-refractivity contribution in [2.45, 2.75) is 90.5 Å². The van der Waals surface area contributed by atoms with Gasteiger partial charge in [0.2, 0.25) is 5.92 Å². The maximum atomic E-state index is 14.4. The van der Waals surface area contributed by atoms with Gasteiger partial charge >= 0.3 is 0 Å². The summed E-state index contributed by atoms with van der Waals surface area (Å²) >= 11 is 0. The highest BCUT2D eigenvalue weighted by molar-refractivity contribution is 6.03. The lowest BCUT2D eigenvalue weighted by molar-refractivity contribution is -0.0257. The normalized spacial score (nSPS) is 22.8. The van der Waals surface area contributed by atoms with E-state index in [-0.39, 0.29) is 36.8 Å². The molecule has 1 aromatic carbocycles. The van der Waals surface area contributed by atoms with Crippen molar-refractivity contribution in [3.05, 3.63) is 39.2 Å². The summed E-state index contributed by atoms with van der Waals surface area (Å²) < 4.78 is 34.4. The maximum absolute atomic E-state index is 14.4. The van der Waals surface area contributed by atoms with Gasteiger partial charge in [0.05, 0.1) is 17.2 Å². The minimum Gasteiger partial charge on any atom is -0.381 e. The zero-order chi connectivity index (χ0) is 30.6. The van der Waals surface area contributed by atoms with Gasteiger partial charge in [-0.3, -0.25) is 14.6 Å². The van der Waals surface area contributed by atoms with Crippen molar-refractivity contribution in [3.8, 4) is 0 Å². The number of halogens is 2. The molecule has 0 spiro atoms. The van der Waals surface area contributed by atoms with Crippen molar-refractivity contribution in [2.75, 3.05) is 50.9 Å². The van der Waals surface area contributed by atoms with Crippen molar-refractivity contribution >= 4 is 28.7 Å². The predicted molar refractivity (Wildman–Crippen MR) is 168 cm³/mol. The van der Waals surface area contributed by atoms with Crippen LogP contribution in [-0.2, 0) is 4.74 Å². The molecule has 2 aromatic rings. The number of hydrazone groups is 1. The Bertz CT molecular complexity index is 1370. The Morgan fingerprint density at radius 2 is 1.86 bits per heavy atom. The summed E-state index contributed by atoms with van der Waals surface area (Å²) in [6.07, 6.45) is 6.57. The quantitative estimate of drug-likeness (QED) is 0.331. The Kier molecular flexibility index (Phi) is 10.2. The molecule has 8 nitrogen and oxygen atoms in total. The molecule has 3 heterocycles. The van der Waals surface area contributed by atoms with Crippen molar-refractivity contribution in [3.63, 3.8) is 0 Å². The average Bonchev–Trinajstić information content (AvgIpc) is 3.21. The summed E-state index contributed by atoms with van der Waals surface area (Å²) in [7, 11) is 0. The second-order valence-electron chi connectivity index (χ2n) is 12.7. The summed E-state index contributed by atoms with van der Waals surface area (Å²) in [6.45, 7) is 11.4. The number of benzene rings is 1. The van der Waals surface area contributed by atoms with Crippen LogP contribution < -0.4 is 10.6 Å². The molecular weight excluding hydrogens is 552 g/mol. The van der Waals surface area contributed by atoms with E-state index in [0.29, 0.717) is 66.0 Å². The number of pyridine rings is 1. The number of fused-ring (bicyclic) bond motifs is 1. The minimum absolute atomic E-state index is 0.0155. The first kappa shape index (κ1) is 31.6. The largest absolute Gasteiger partial charge is 0.381 e. The molecule has 1 N–H and O–H groups in total. The van der Waals surface area contributed by atoms with Gasteiger partial charge in [-0.2, -0.15) is 5.10 Å². The maximum Gasteiger partial charge on any atom is 0.254 e. The number of amides is 1. The van der Waals surface area contributed by atoms with E-state index in [0.717, 1.165) is 57.7 Å². The lowest BCUT2D eigenvalue weighted by Gasteiger charge is -2.34. The van der Waals surface area contributed by atoms with E-state index >= 15 is 0 Å². The van der Waals surface area contributed by atoms with Crippen LogP contribution in [0.25, 0.3) is 10.9 Å². The van der Waals surface area contributed by atoms with Crippen molar-refractivity contribution in [1.29, 1.82) is 0 Å². The first-order chi connectivity index (χ1) is 20.7. The molecular formula is C33H47F2N5O3. The highest BCUT2D eigenvalue weighted by atomic mass is 19.3. The first-order valence-electron chi connectivity index (χ1n) is 16.1. The summed E-state index contributed by atoms with van der Waals surface area (Å²) in [4.78, 5) is 34.6. The molecule has 1 saturated carbocycles. The number of hydrogen-bond acceptors (Lipinski definition) is 6. The van der Waals surface area contributed by atoms with Gasteiger partial charge in [-0.05, 0) is 89.5 Å². The van der Waals surface area contributed by atoms with Crippen LogP contribution in [0.5, 0.6) is 0 Å². The molecule has 236 valence electrons. The number of aryl methyl sites for hydroxylation is 1. The fraction of sp³-hybridized carbons (Fsp3) is 0.667. The molecule has 1 aromatic heterocycles. The number of anilines is 1. The van der Waals surface area contributed by atoms with Crippen LogP contribution in [0.2, 0.25) is 0 Å². The zero-order valence-electron chi connectivity index (χ0n) is 26.0. The topological polar surface area (TPSA) is 81.2 Å². The molecule has 1 amide bonds. The number of H-pyrrole nitrogens is 1. The lowest BCUT2D eigenvalue weighted by Crippen LogP contribution is -2.37. The van der Waals surface area contributed by atoms with E-state index < -0.39 is 5.92 Å². The van der Waals surface area contributed by atoms with Gasteiger partial charge in [0.25, 0.3) is 11.5 Å². The zero-order valence-corrected chi connectivity index (χ0v) is 26.0. The van der Waals surface area contributed by atoms with E-state index in [4.69, 9.17) is 4.74 Å². The number of alkyl halides is 2. The predicted octanol–water partition coefficient (Wildman–Crippen LogP) is 5.89. The molecule has 5 rings (SSSR count). The number of carbonyl (C=O) groups excluding carboxylic acids is 1. The second-order valence-corrected chi connectivity index (χ2v) is 12.7. The molecule has 0 radical (unpaired) electrons. The highest BCUT2D eigenvalue weighted by Gasteiger charge is 2.34. The Morgan fingerprint density at radius 1 is 1.07 bits per heavy atom. The molecule has 1 atom stereocenters. The molecule has 2 saturated heterocycles. The number of carbonyl (C=O) groups is 1. The van der Waals surface area contributed by atoms with Crippen LogP contribution in [0.15, 0.2) is 22.0 Å². The summed E-state index contributed by atoms with van der Waals surface area (Å²) in [5.41, 5.74) is 2.83. The standard InChI is InChI=1S/C33H47F2N5O3/c1-4-36-40(26-8-5-6-12-33(34,35)13-9-26)30-24(3)31(41)37-29-20-23(2)27(21-28(29)30)32(42)39-15-7-14-38(16-17-39)22-25-10-18-43-19-11-25/h4,20-21,25-26H,5-19,22H2,1-3H3,(H,37,41)/b36-4-. The van der Waals surface area contributed by atoms with E-state index in [1.54, 1.807) is 25.1 Å². The van der Waals surface area contributed by atoms with E-state index in [1.807, 2.05) is 24.0 Å². The smallest absolute Gasteiger partial charge is 0.254 e. The lowest BCUT2D eigenvalue weighted by atomic mass is 9.93. The third-order valence-corrected chi connectivity index (χ3v) is 9.52. The van der Waals surface area contributed by atoms with E-state index in [9.17, 15) is 18.4 Å². The van der Waals surface area contributed by atoms with E-state index in [1.165, 1.54) is 0 Å². The number of aromatic nitrogens is 1. The van der Waals surface area contributed by atoms with Gasteiger partial charge < -0.3 is 19.5 Å². The molecule has 1 unspecified atom stereocenters. The number of aromatic amines is 1. The fourth-order valence-electron chi connectivity index (χ4n) is 6.99. The Labute approximate surface area is 253 Å². The molecule has 3 fully saturated rings. The molecule has 3 aliphatic rings. The number of nitrogens with one attached hydrogen (secondary N) is 1. The number of rotatable bonds is 6. The Balaban J connectivity index is 1.45. The van der Waals surface area contributed by atoms with Crippen molar-refractivity contribution in [2.24, 2.45) is 11.0 Å². The number of hydrogen-bond donors (Lipinski definition) is 1. The molecule has 1 aliphatic carbocycles. The molecule has 43 heavy (non-hydrogen) atoms. The fourth-order valence-corrected chi connectivity index (χ4v) is 6.99. The first-order valence-corrected chi connectivity index (χ1v) is 16.1. The van der Waals surface area contributed by atoms with Crippen LogP contribution in [0.1, 0.15) is 86.2 Å². The monoisotopic (exact) mass is 599 g/mol. The Hall–Kier alpha value is -2.85. The van der Waals surface area contributed by atoms with Crippen molar-refractivity contribution < 1.29 is 18.3 Å². The summed E-state index contributed by atoms with van der Waals surface area (Å²) in [5, 5.41) is 7.13. The van der Waals surface area contributed by atoms with E-state index in [2.05, 4.69) is 15.0 Å². The van der Waals surface area contributed by atoms with Gasteiger partial charge in [0, 0.05) is 75.0 Å². The summed E-state index contributed by atoms with van der Waals surface area (Å²) in [5.74, 6) is -2.06. The minimum atomic E-state index is -2.70.